The normalized spacial score (nSPS) is 16.3. The molecule has 1 saturated heterocycles. The molecule has 0 radical (unpaired) electrons. The number of morpholine rings is 1. The lowest BCUT2D eigenvalue weighted by atomic mass is 10.2. The number of imidazole rings is 1. The fraction of sp³-hybridized carbons (Fsp3) is 0.435. The molecule has 2 fully saturated rings. The molecule has 9 nitrogen and oxygen atoms in total. The average Bonchev–Trinajstić information content (AvgIpc) is 3.57. The molecule has 9 heteroatoms. The van der Waals surface area contributed by atoms with E-state index in [-0.39, 0.29) is 6.54 Å². The van der Waals surface area contributed by atoms with Gasteiger partial charge < -0.3 is 24.4 Å². The van der Waals surface area contributed by atoms with Crippen LogP contribution in [0.2, 0.25) is 0 Å². The zero-order chi connectivity index (χ0) is 22.1. The van der Waals surface area contributed by atoms with Crippen molar-refractivity contribution in [3.05, 3.63) is 47.8 Å². The van der Waals surface area contributed by atoms with Crippen molar-refractivity contribution in [2.24, 2.45) is 0 Å². The number of benzene rings is 1. The Labute approximate surface area is 186 Å². The Hall–Kier alpha value is -3.33. The minimum Gasteiger partial charge on any atom is -0.497 e. The molecule has 0 atom stereocenters. The van der Waals surface area contributed by atoms with Crippen molar-refractivity contribution in [3.63, 3.8) is 0 Å². The van der Waals surface area contributed by atoms with Gasteiger partial charge in [-0.1, -0.05) is 12.1 Å². The molecular formula is C23H27N5O4. The van der Waals surface area contributed by atoms with Crippen LogP contribution in [0.3, 0.4) is 0 Å². The van der Waals surface area contributed by atoms with Gasteiger partial charge in [0.25, 0.3) is 0 Å². The Morgan fingerprint density at radius 1 is 1.25 bits per heavy atom. The molecule has 168 valence electrons. The highest BCUT2D eigenvalue weighted by Gasteiger charge is 2.30. The van der Waals surface area contributed by atoms with Gasteiger partial charge in [0.1, 0.15) is 12.3 Å². The van der Waals surface area contributed by atoms with E-state index >= 15 is 0 Å². The van der Waals surface area contributed by atoms with E-state index in [1.165, 1.54) is 0 Å². The van der Waals surface area contributed by atoms with E-state index in [0.717, 1.165) is 54.4 Å². The molecule has 1 aliphatic carbocycles. The number of nitrogens with zero attached hydrogens (tertiary/aromatic N) is 5. The minimum absolute atomic E-state index is 0.139. The van der Waals surface area contributed by atoms with Crippen LogP contribution >= 0.6 is 0 Å². The van der Waals surface area contributed by atoms with Crippen LogP contribution in [-0.2, 0) is 16.1 Å². The van der Waals surface area contributed by atoms with Crippen molar-refractivity contribution in [1.29, 1.82) is 0 Å². The van der Waals surface area contributed by atoms with Crippen LogP contribution in [0.15, 0.2) is 36.5 Å². The largest absolute Gasteiger partial charge is 0.497 e. The second-order valence-corrected chi connectivity index (χ2v) is 8.28. The molecule has 3 aromatic rings. The molecule has 1 saturated carbocycles. The van der Waals surface area contributed by atoms with Gasteiger partial charge in [-0.3, -0.25) is 4.79 Å². The maximum Gasteiger partial charge on any atom is 0.323 e. The number of aromatic nitrogens is 3. The van der Waals surface area contributed by atoms with Crippen molar-refractivity contribution in [2.45, 2.75) is 25.3 Å². The first kappa shape index (κ1) is 20.6. The Bertz CT molecular complexity index is 1100. The van der Waals surface area contributed by atoms with E-state index in [1.807, 2.05) is 45.9 Å². The molecule has 32 heavy (non-hydrogen) atoms. The van der Waals surface area contributed by atoms with E-state index in [9.17, 15) is 9.90 Å². The third-order valence-electron chi connectivity index (χ3n) is 5.99. The van der Waals surface area contributed by atoms with Crippen LogP contribution < -0.4 is 14.5 Å². The Kier molecular flexibility index (Phi) is 5.57. The number of fused-ring (bicyclic) bond motifs is 1. The zero-order valence-electron chi connectivity index (χ0n) is 18.1. The second-order valence-electron chi connectivity index (χ2n) is 8.28. The van der Waals surface area contributed by atoms with Gasteiger partial charge in [0.15, 0.2) is 11.5 Å². The lowest BCUT2D eigenvalue weighted by Crippen LogP contribution is -2.37. The first-order valence-corrected chi connectivity index (χ1v) is 10.9. The van der Waals surface area contributed by atoms with Gasteiger partial charge in [0.2, 0.25) is 0 Å². The average molecular weight is 438 g/mol. The molecule has 0 amide bonds. The van der Waals surface area contributed by atoms with Crippen LogP contribution in [-0.4, -0.2) is 65.6 Å². The van der Waals surface area contributed by atoms with Crippen LogP contribution in [0.5, 0.6) is 5.75 Å². The Morgan fingerprint density at radius 2 is 2.00 bits per heavy atom. The number of aliphatic carboxylic acids is 1. The topological polar surface area (TPSA) is 92.4 Å². The number of carbonyl (C=O) groups is 1. The summed E-state index contributed by atoms with van der Waals surface area (Å²) in [7, 11) is 1.63. The molecule has 0 unspecified atom stereocenters. The highest BCUT2D eigenvalue weighted by molar-refractivity contribution is 5.79. The van der Waals surface area contributed by atoms with Crippen molar-refractivity contribution in [3.8, 4) is 5.75 Å². The zero-order valence-corrected chi connectivity index (χ0v) is 18.1. The fourth-order valence-corrected chi connectivity index (χ4v) is 4.13. The van der Waals surface area contributed by atoms with Gasteiger partial charge in [-0.2, -0.15) is 0 Å². The Balaban J connectivity index is 1.57. The Morgan fingerprint density at radius 3 is 2.66 bits per heavy atom. The molecule has 2 aliphatic rings. The SMILES string of the molecule is COc1ccc(CN(CC(=O)O)c2cc(N3CCOCC3)nn3c(C4CC4)cnc23)cc1. The number of hydrogen-bond acceptors (Lipinski definition) is 7. The predicted molar refractivity (Wildman–Crippen MR) is 120 cm³/mol. The van der Waals surface area contributed by atoms with Crippen molar-refractivity contribution < 1.29 is 19.4 Å². The summed E-state index contributed by atoms with van der Waals surface area (Å²) in [6, 6.07) is 9.65. The number of hydrogen-bond donors (Lipinski definition) is 1. The third kappa shape index (κ3) is 4.20. The van der Waals surface area contributed by atoms with Gasteiger partial charge in [-0.25, -0.2) is 9.50 Å². The lowest BCUT2D eigenvalue weighted by molar-refractivity contribution is -0.135. The molecule has 1 aromatic carbocycles. The number of carboxylic acids is 1. The summed E-state index contributed by atoms with van der Waals surface area (Å²) in [5.74, 6) is 1.16. The quantitative estimate of drug-likeness (QED) is 0.575. The number of carboxylic acid groups (broad SMARTS) is 1. The van der Waals surface area contributed by atoms with Gasteiger partial charge in [0.05, 0.1) is 37.9 Å². The van der Waals surface area contributed by atoms with Crippen molar-refractivity contribution in [1.82, 2.24) is 14.6 Å². The number of anilines is 2. The van der Waals surface area contributed by atoms with Crippen molar-refractivity contribution in [2.75, 3.05) is 49.8 Å². The third-order valence-corrected chi connectivity index (χ3v) is 5.99. The summed E-state index contributed by atoms with van der Waals surface area (Å²) in [6.07, 6.45) is 4.16. The highest BCUT2D eigenvalue weighted by Crippen LogP contribution is 2.41. The summed E-state index contributed by atoms with van der Waals surface area (Å²) in [5, 5.41) is 14.6. The van der Waals surface area contributed by atoms with Crippen LogP contribution in [0, 0.1) is 0 Å². The van der Waals surface area contributed by atoms with Crippen LogP contribution in [0.25, 0.3) is 5.65 Å². The fourth-order valence-electron chi connectivity index (χ4n) is 4.13. The van der Waals surface area contributed by atoms with Crippen LogP contribution in [0.4, 0.5) is 11.5 Å². The predicted octanol–water partition coefficient (Wildman–Crippen LogP) is 2.54. The van der Waals surface area contributed by atoms with Gasteiger partial charge in [0, 0.05) is 31.6 Å². The van der Waals surface area contributed by atoms with Gasteiger partial charge in [-0.15, -0.1) is 5.10 Å². The molecule has 2 aromatic heterocycles. The van der Waals surface area contributed by atoms with Gasteiger partial charge >= 0.3 is 5.97 Å². The minimum atomic E-state index is -0.893. The highest BCUT2D eigenvalue weighted by atomic mass is 16.5. The summed E-state index contributed by atoms with van der Waals surface area (Å²) in [5.41, 5.74) is 3.55. The van der Waals surface area contributed by atoms with E-state index in [0.29, 0.717) is 31.3 Å². The molecule has 0 bridgehead atoms. The number of ether oxygens (including phenoxy) is 2. The van der Waals surface area contributed by atoms with E-state index in [1.54, 1.807) is 7.11 Å². The second kappa shape index (κ2) is 8.66. The summed E-state index contributed by atoms with van der Waals surface area (Å²) in [4.78, 5) is 20.5. The number of methoxy groups -OCH3 is 1. The smallest absolute Gasteiger partial charge is 0.323 e. The number of rotatable bonds is 8. The van der Waals surface area contributed by atoms with Crippen molar-refractivity contribution >= 4 is 23.1 Å². The molecule has 1 aliphatic heterocycles. The van der Waals surface area contributed by atoms with E-state index < -0.39 is 5.97 Å². The lowest BCUT2D eigenvalue weighted by Gasteiger charge is -2.30. The van der Waals surface area contributed by atoms with E-state index in [4.69, 9.17) is 14.6 Å². The van der Waals surface area contributed by atoms with E-state index in [2.05, 4.69) is 9.88 Å². The summed E-state index contributed by atoms with van der Waals surface area (Å²) in [6.45, 7) is 3.11. The summed E-state index contributed by atoms with van der Waals surface area (Å²) >= 11 is 0. The standard InChI is InChI=1S/C23H27N5O4/c1-31-18-6-2-16(3-7-18)14-27(15-22(29)30)19-12-21(26-8-10-32-11-9-26)25-28-20(17-4-5-17)13-24-23(19)28/h2-3,6-7,12-13,17H,4-5,8-11,14-15H2,1H3,(H,29,30). The molecule has 3 heterocycles. The van der Waals surface area contributed by atoms with Gasteiger partial charge in [-0.05, 0) is 30.5 Å². The maximum absolute atomic E-state index is 11.8. The van der Waals surface area contributed by atoms with Crippen LogP contribution in [0.1, 0.15) is 30.0 Å². The molecular weight excluding hydrogens is 410 g/mol. The first-order valence-electron chi connectivity index (χ1n) is 10.9. The maximum atomic E-state index is 11.8. The molecule has 0 spiro atoms. The molecule has 1 N–H and O–H groups in total. The molecule has 5 rings (SSSR count). The summed E-state index contributed by atoms with van der Waals surface area (Å²) < 4.78 is 12.7. The first-order chi connectivity index (χ1) is 15.6. The monoisotopic (exact) mass is 437 g/mol.